The number of benzene rings is 2. The number of amides is 1. The third-order valence-corrected chi connectivity index (χ3v) is 6.80. The van der Waals surface area contributed by atoms with Gasteiger partial charge in [-0.05, 0) is 58.7 Å². The summed E-state index contributed by atoms with van der Waals surface area (Å²) in [6.07, 6.45) is 0.693. The van der Waals surface area contributed by atoms with Gasteiger partial charge in [-0.3, -0.25) is 4.79 Å². The van der Waals surface area contributed by atoms with E-state index in [1.165, 1.54) is 0 Å². The lowest BCUT2D eigenvalue weighted by Crippen LogP contribution is -2.20. The Morgan fingerprint density at radius 3 is 2.61 bits per heavy atom. The number of halogens is 1. The van der Waals surface area contributed by atoms with Crippen LogP contribution in [0.25, 0.3) is 22.2 Å². The van der Waals surface area contributed by atoms with E-state index in [4.69, 9.17) is 14.5 Å². The zero-order valence-corrected chi connectivity index (χ0v) is 20.8. The van der Waals surface area contributed by atoms with Gasteiger partial charge < -0.3 is 9.47 Å². The second kappa shape index (κ2) is 10.1. The van der Waals surface area contributed by atoms with Crippen molar-refractivity contribution >= 4 is 49.8 Å². The number of carbonyl (C=O) groups excluding carboxylic acids is 1. The van der Waals surface area contributed by atoms with Crippen molar-refractivity contribution < 1.29 is 14.3 Å². The van der Waals surface area contributed by atoms with Gasteiger partial charge in [-0.1, -0.05) is 25.1 Å². The molecule has 4 rings (SSSR count). The molecule has 33 heavy (non-hydrogen) atoms. The number of pyridine rings is 1. The molecule has 6 nitrogen and oxygen atoms in total. The van der Waals surface area contributed by atoms with Gasteiger partial charge in [0.05, 0.1) is 45.4 Å². The highest BCUT2D eigenvalue weighted by Gasteiger charge is 2.17. The number of carbonyl (C=O) groups is 1. The highest BCUT2D eigenvalue weighted by molar-refractivity contribution is 9.11. The van der Waals surface area contributed by atoms with Gasteiger partial charge in [0.25, 0.3) is 5.91 Å². The van der Waals surface area contributed by atoms with Crippen molar-refractivity contribution in [1.29, 1.82) is 0 Å². The zero-order chi connectivity index (χ0) is 23.4. The molecule has 1 amide bonds. The summed E-state index contributed by atoms with van der Waals surface area (Å²) >= 11 is 5.05. The van der Waals surface area contributed by atoms with Gasteiger partial charge in [0.15, 0.2) is 0 Å². The minimum atomic E-state index is -0.302. The van der Waals surface area contributed by atoms with E-state index in [2.05, 4.69) is 26.5 Å². The van der Waals surface area contributed by atoms with E-state index in [9.17, 15) is 4.79 Å². The van der Waals surface area contributed by atoms with Crippen LogP contribution < -0.4 is 14.9 Å². The molecule has 0 saturated carbocycles. The summed E-state index contributed by atoms with van der Waals surface area (Å²) in [4.78, 5) is 19.0. The average Bonchev–Trinajstić information content (AvgIpc) is 3.29. The third kappa shape index (κ3) is 4.91. The molecule has 0 bridgehead atoms. The van der Waals surface area contributed by atoms with Crippen molar-refractivity contribution in [3.05, 3.63) is 74.9 Å². The summed E-state index contributed by atoms with van der Waals surface area (Å²) in [7, 11) is 3.20. The summed E-state index contributed by atoms with van der Waals surface area (Å²) in [5.74, 6) is 0.984. The van der Waals surface area contributed by atoms with Crippen molar-refractivity contribution in [3.63, 3.8) is 0 Å². The summed E-state index contributed by atoms with van der Waals surface area (Å²) in [5, 5.41) is 5.16. The maximum Gasteiger partial charge on any atom is 0.272 e. The minimum absolute atomic E-state index is 0.302. The summed E-state index contributed by atoms with van der Waals surface area (Å²) in [5.41, 5.74) is 6.13. The van der Waals surface area contributed by atoms with Gasteiger partial charge in [-0.2, -0.15) is 5.10 Å². The van der Waals surface area contributed by atoms with Crippen molar-refractivity contribution in [2.24, 2.45) is 5.10 Å². The standard InChI is InChI=1S/C25H22BrN3O3S/c1-4-19(23-11-12-24(26)33-23)28-29-25(30)18-14-21(27-20-8-6-5-7-16(18)20)17-10-9-15(31-2)13-22(17)32-3/h5-14H,4H2,1-3H3,(H,29,30). The number of fused-ring (bicyclic) bond motifs is 1. The second-order valence-corrected chi connectivity index (χ2v) is 9.56. The van der Waals surface area contributed by atoms with Crippen LogP contribution in [0.3, 0.4) is 0 Å². The van der Waals surface area contributed by atoms with Gasteiger partial charge in [-0.25, -0.2) is 10.4 Å². The van der Waals surface area contributed by atoms with Gasteiger partial charge in [-0.15, -0.1) is 11.3 Å². The fourth-order valence-electron chi connectivity index (χ4n) is 3.47. The van der Waals surface area contributed by atoms with Crippen LogP contribution in [0.15, 0.2) is 69.6 Å². The van der Waals surface area contributed by atoms with E-state index >= 15 is 0 Å². The third-order valence-electron chi connectivity index (χ3n) is 5.13. The molecule has 0 fully saturated rings. The number of nitrogens with one attached hydrogen (secondary N) is 1. The lowest BCUT2D eigenvalue weighted by molar-refractivity contribution is 0.0956. The number of ether oxygens (including phenoxy) is 2. The minimum Gasteiger partial charge on any atom is -0.497 e. The summed E-state index contributed by atoms with van der Waals surface area (Å²) < 4.78 is 11.9. The first-order valence-corrected chi connectivity index (χ1v) is 11.9. The molecule has 1 N–H and O–H groups in total. The number of hydrazone groups is 1. The van der Waals surface area contributed by atoms with Gasteiger partial charge in [0, 0.05) is 17.0 Å². The number of rotatable bonds is 7. The van der Waals surface area contributed by atoms with Crippen LogP contribution in [-0.4, -0.2) is 30.8 Å². The van der Waals surface area contributed by atoms with Crippen molar-refractivity contribution in [2.75, 3.05) is 14.2 Å². The molecule has 0 atom stereocenters. The number of methoxy groups -OCH3 is 2. The fraction of sp³-hybridized carbons (Fsp3) is 0.160. The van der Waals surface area contributed by atoms with Crippen LogP contribution in [-0.2, 0) is 0 Å². The maximum atomic E-state index is 13.3. The molecule has 2 aromatic carbocycles. The van der Waals surface area contributed by atoms with Crippen LogP contribution in [0.1, 0.15) is 28.6 Å². The molecular weight excluding hydrogens is 502 g/mol. The quantitative estimate of drug-likeness (QED) is 0.228. The highest BCUT2D eigenvalue weighted by Crippen LogP contribution is 2.34. The predicted molar refractivity (Wildman–Crippen MR) is 137 cm³/mol. The highest BCUT2D eigenvalue weighted by atomic mass is 79.9. The molecule has 2 heterocycles. The van der Waals surface area contributed by atoms with E-state index in [0.717, 1.165) is 25.3 Å². The Kier molecular flexibility index (Phi) is 7.05. The largest absolute Gasteiger partial charge is 0.497 e. The van der Waals surface area contributed by atoms with E-state index in [0.29, 0.717) is 34.7 Å². The molecule has 0 aliphatic rings. The first-order chi connectivity index (χ1) is 16.0. The topological polar surface area (TPSA) is 72.8 Å². The fourth-order valence-corrected chi connectivity index (χ4v) is 4.91. The molecule has 0 unspecified atom stereocenters. The Labute approximate surface area is 204 Å². The van der Waals surface area contributed by atoms with Crippen LogP contribution >= 0.6 is 27.3 Å². The van der Waals surface area contributed by atoms with E-state index in [1.54, 1.807) is 37.7 Å². The molecule has 0 saturated heterocycles. The Bertz CT molecular complexity index is 1350. The van der Waals surface area contributed by atoms with Gasteiger partial charge in [0.2, 0.25) is 0 Å². The first-order valence-electron chi connectivity index (χ1n) is 10.3. The van der Waals surface area contributed by atoms with E-state index in [-0.39, 0.29) is 5.91 Å². The lowest BCUT2D eigenvalue weighted by Gasteiger charge is -2.13. The van der Waals surface area contributed by atoms with Gasteiger partial charge in [0.1, 0.15) is 11.5 Å². The summed E-state index contributed by atoms with van der Waals surface area (Å²) in [6, 6.07) is 18.8. The van der Waals surface area contributed by atoms with Crippen LogP contribution in [0.2, 0.25) is 0 Å². The van der Waals surface area contributed by atoms with Crippen LogP contribution in [0.5, 0.6) is 11.5 Å². The second-order valence-electron chi connectivity index (χ2n) is 7.10. The van der Waals surface area contributed by atoms with Crippen LogP contribution in [0, 0.1) is 0 Å². The molecule has 8 heteroatoms. The average molecular weight is 524 g/mol. The van der Waals surface area contributed by atoms with E-state index < -0.39 is 0 Å². The number of aromatic nitrogens is 1. The summed E-state index contributed by atoms with van der Waals surface area (Å²) in [6.45, 7) is 2.01. The van der Waals surface area contributed by atoms with E-state index in [1.807, 2.05) is 55.5 Å². The molecule has 0 spiro atoms. The number of para-hydroxylation sites is 1. The lowest BCUT2D eigenvalue weighted by atomic mass is 10.0. The van der Waals surface area contributed by atoms with Crippen LogP contribution in [0.4, 0.5) is 0 Å². The Morgan fingerprint density at radius 1 is 1.09 bits per heavy atom. The van der Waals surface area contributed by atoms with Crippen molar-refractivity contribution in [2.45, 2.75) is 13.3 Å². The number of hydrogen-bond donors (Lipinski definition) is 1. The Morgan fingerprint density at radius 2 is 1.91 bits per heavy atom. The number of hydrogen-bond acceptors (Lipinski definition) is 6. The molecule has 2 aromatic heterocycles. The predicted octanol–water partition coefficient (Wildman–Crippen LogP) is 6.29. The Hall–Kier alpha value is -3.23. The number of thiophene rings is 1. The molecular formula is C25H22BrN3O3S. The van der Waals surface area contributed by atoms with Gasteiger partial charge >= 0.3 is 0 Å². The first kappa shape index (κ1) is 22.9. The SMILES string of the molecule is CCC(=NNC(=O)c1cc(-c2ccc(OC)cc2OC)nc2ccccc12)c1ccc(Br)s1. The molecule has 0 aliphatic carbocycles. The van der Waals surface area contributed by atoms with Crippen molar-refractivity contribution in [3.8, 4) is 22.8 Å². The molecule has 4 aromatic rings. The smallest absolute Gasteiger partial charge is 0.272 e. The molecule has 0 radical (unpaired) electrons. The maximum absolute atomic E-state index is 13.3. The molecule has 0 aliphatic heterocycles. The normalized spacial score (nSPS) is 11.5. The number of nitrogens with zero attached hydrogens (tertiary/aromatic N) is 2. The monoisotopic (exact) mass is 523 g/mol. The Balaban J connectivity index is 1.76. The zero-order valence-electron chi connectivity index (χ0n) is 18.4. The van der Waals surface area contributed by atoms with Crippen molar-refractivity contribution in [1.82, 2.24) is 10.4 Å². The molecule has 168 valence electrons.